The number of rotatable bonds is 6. The number of hydrogen-bond acceptors (Lipinski definition) is 4. The standard InChI is InChI=1S/C11H19N3O2S/c1-9(2)12-7-8-17(15,16)14-11-10(3)5-4-6-13-11/h4-6,9,12H,7-8H2,1-3H3,(H,13,14). The molecule has 17 heavy (non-hydrogen) atoms. The Morgan fingerprint density at radius 1 is 1.41 bits per heavy atom. The van der Waals surface area contributed by atoms with Crippen molar-refractivity contribution < 1.29 is 8.42 Å². The van der Waals surface area contributed by atoms with Crippen LogP contribution in [0.4, 0.5) is 5.82 Å². The first-order valence-corrected chi connectivity index (χ1v) is 7.21. The number of aryl methyl sites for hydroxylation is 1. The van der Waals surface area contributed by atoms with Crippen molar-refractivity contribution in [2.24, 2.45) is 0 Å². The van der Waals surface area contributed by atoms with E-state index in [4.69, 9.17) is 0 Å². The van der Waals surface area contributed by atoms with Crippen molar-refractivity contribution in [3.63, 3.8) is 0 Å². The molecule has 0 radical (unpaired) electrons. The number of anilines is 1. The molecule has 6 heteroatoms. The molecule has 1 aromatic heterocycles. The third-order valence-corrected chi connectivity index (χ3v) is 3.43. The van der Waals surface area contributed by atoms with E-state index in [2.05, 4.69) is 15.0 Å². The van der Waals surface area contributed by atoms with Crippen LogP contribution in [0.5, 0.6) is 0 Å². The van der Waals surface area contributed by atoms with Crippen molar-refractivity contribution >= 4 is 15.8 Å². The van der Waals surface area contributed by atoms with E-state index in [0.29, 0.717) is 12.4 Å². The summed E-state index contributed by atoms with van der Waals surface area (Å²) in [4.78, 5) is 4.00. The van der Waals surface area contributed by atoms with Gasteiger partial charge in [-0.15, -0.1) is 0 Å². The zero-order valence-electron chi connectivity index (χ0n) is 10.4. The Hall–Kier alpha value is -1.14. The summed E-state index contributed by atoms with van der Waals surface area (Å²) in [6.07, 6.45) is 1.57. The fourth-order valence-electron chi connectivity index (χ4n) is 1.27. The van der Waals surface area contributed by atoms with Gasteiger partial charge in [0.05, 0.1) is 5.75 Å². The lowest BCUT2D eigenvalue weighted by Crippen LogP contribution is -2.31. The molecule has 0 spiro atoms. The van der Waals surface area contributed by atoms with Gasteiger partial charge in [-0.3, -0.25) is 4.72 Å². The van der Waals surface area contributed by atoms with Gasteiger partial charge < -0.3 is 5.32 Å². The largest absolute Gasteiger partial charge is 0.313 e. The summed E-state index contributed by atoms with van der Waals surface area (Å²) in [7, 11) is -3.33. The Morgan fingerprint density at radius 3 is 2.71 bits per heavy atom. The minimum atomic E-state index is -3.33. The maximum absolute atomic E-state index is 11.7. The maximum Gasteiger partial charge on any atom is 0.235 e. The van der Waals surface area contributed by atoms with E-state index in [1.807, 2.05) is 26.8 Å². The topological polar surface area (TPSA) is 71.1 Å². The summed E-state index contributed by atoms with van der Waals surface area (Å²) >= 11 is 0. The molecule has 0 fully saturated rings. The summed E-state index contributed by atoms with van der Waals surface area (Å²) in [5, 5.41) is 3.06. The number of nitrogens with one attached hydrogen (secondary N) is 2. The van der Waals surface area contributed by atoms with Gasteiger partial charge in [0, 0.05) is 18.8 Å². The third-order valence-electron chi connectivity index (χ3n) is 2.19. The molecule has 0 aromatic carbocycles. The van der Waals surface area contributed by atoms with Crippen LogP contribution in [0.1, 0.15) is 19.4 Å². The Bertz CT molecular complexity index is 458. The zero-order chi connectivity index (χ0) is 12.9. The smallest absolute Gasteiger partial charge is 0.235 e. The fraction of sp³-hybridized carbons (Fsp3) is 0.545. The van der Waals surface area contributed by atoms with Gasteiger partial charge in [0.15, 0.2) is 0 Å². The minimum Gasteiger partial charge on any atom is -0.313 e. The van der Waals surface area contributed by atoms with Gasteiger partial charge in [-0.25, -0.2) is 13.4 Å². The lowest BCUT2D eigenvalue weighted by molar-refractivity contribution is 0.581. The monoisotopic (exact) mass is 257 g/mol. The highest BCUT2D eigenvalue weighted by atomic mass is 32.2. The van der Waals surface area contributed by atoms with Crippen molar-refractivity contribution in [2.75, 3.05) is 17.0 Å². The Balaban J connectivity index is 2.58. The molecule has 0 aliphatic rings. The van der Waals surface area contributed by atoms with E-state index in [1.165, 1.54) is 0 Å². The Morgan fingerprint density at radius 2 is 2.12 bits per heavy atom. The molecule has 1 heterocycles. The van der Waals surface area contributed by atoms with Gasteiger partial charge in [-0.2, -0.15) is 0 Å². The second-order valence-corrected chi connectivity index (χ2v) is 6.04. The van der Waals surface area contributed by atoms with Crippen molar-refractivity contribution in [2.45, 2.75) is 26.8 Å². The van der Waals surface area contributed by atoms with Crippen LogP contribution in [0.25, 0.3) is 0 Å². The zero-order valence-corrected chi connectivity index (χ0v) is 11.2. The number of hydrogen-bond donors (Lipinski definition) is 2. The molecule has 0 aliphatic heterocycles. The van der Waals surface area contributed by atoms with Crippen molar-refractivity contribution in [3.05, 3.63) is 23.9 Å². The quantitative estimate of drug-likeness (QED) is 0.801. The summed E-state index contributed by atoms with van der Waals surface area (Å²) in [5.41, 5.74) is 0.813. The van der Waals surface area contributed by atoms with Crippen LogP contribution >= 0.6 is 0 Å². The highest BCUT2D eigenvalue weighted by molar-refractivity contribution is 7.92. The average molecular weight is 257 g/mol. The van der Waals surface area contributed by atoms with E-state index in [1.54, 1.807) is 12.3 Å². The van der Waals surface area contributed by atoms with Crippen molar-refractivity contribution in [1.29, 1.82) is 0 Å². The number of pyridine rings is 1. The molecular weight excluding hydrogens is 238 g/mol. The molecule has 0 amide bonds. The van der Waals surface area contributed by atoms with Crippen LogP contribution in [0, 0.1) is 6.92 Å². The predicted octanol–water partition coefficient (Wildman–Crippen LogP) is 1.13. The molecule has 96 valence electrons. The Labute approximate surface area is 103 Å². The second kappa shape index (κ2) is 5.97. The van der Waals surface area contributed by atoms with E-state index in [-0.39, 0.29) is 11.8 Å². The normalized spacial score (nSPS) is 11.8. The lowest BCUT2D eigenvalue weighted by atomic mass is 10.3. The first-order chi connectivity index (χ1) is 7.91. The van der Waals surface area contributed by atoms with Gasteiger partial charge >= 0.3 is 0 Å². The molecule has 1 rings (SSSR count). The van der Waals surface area contributed by atoms with Crippen LogP contribution in [-0.2, 0) is 10.0 Å². The number of nitrogens with zero attached hydrogens (tertiary/aromatic N) is 1. The van der Waals surface area contributed by atoms with Crippen molar-refractivity contribution in [1.82, 2.24) is 10.3 Å². The molecule has 0 aliphatic carbocycles. The summed E-state index contributed by atoms with van der Waals surface area (Å²) in [6.45, 7) is 6.20. The van der Waals surface area contributed by atoms with E-state index >= 15 is 0 Å². The SMILES string of the molecule is Cc1cccnc1NS(=O)(=O)CCNC(C)C. The highest BCUT2D eigenvalue weighted by Gasteiger charge is 2.12. The molecule has 5 nitrogen and oxygen atoms in total. The molecule has 0 unspecified atom stereocenters. The number of sulfonamides is 1. The van der Waals surface area contributed by atoms with Crippen LogP contribution in [0.15, 0.2) is 18.3 Å². The van der Waals surface area contributed by atoms with Gasteiger partial charge in [0.2, 0.25) is 10.0 Å². The van der Waals surface area contributed by atoms with Gasteiger partial charge in [-0.05, 0) is 18.6 Å². The average Bonchev–Trinajstić information content (AvgIpc) is 2.20. The highest BCUT2D eigenvalue weighted by Crippen LogP contribution is 2.10. The van der Waals surface area contributed by atoms with Crippen LogP contribution < -0.4 is 10.0 Å². The minimum absolute atomic E-state index is 0.0429. The molecule has 1 aromatic rings. The number of aromatic nitrogens is 1. The first kappa shape index (κ1) is 13.9. The summed E-state index contributed by atoms with van der Waals surface area (Å²) in [5.74, 6) is 0.443. The predicted molar refractivity (Wildman–Crippen MR) is 69.5 cm³/mol. The fourth-order valence-corrected chi connectivity index (χ4v) is 2.27. The molecule has 0 saturated heterocycles. The molecule has 2 N–H and O–H groups in total. The summed E-state index contributed by atoms with van der Waals surface area (Å²) < 4.78 is 26.0. The molecular formula is C11H19N3O2S. The van der Waals surface area contributed by atoms with Crippen LogP contribution in [0.2, 0.25) is 0 Å². The lowest BCUT2D eigenvalue weighted by Gasteiger charge is -2.11. The van der Waals surface area contributed by atoms with E-state index in [0.717, 1.165) is 5.56 Å². The third kappa shape index (κ3) is 5.14. The van der Waals surface area contributed by atoms with Crippen molar-refractivity contribution in [3.8, 4) is 0 Å². The summed E-state index contributed by atoms with van der Waals surface area (Å²) in [6, 6.07) is 3.87. The maximum atomic E-state index is 11.7. The Kier molecular flexibility index (Phi) is 4.89. The van der Waals surface area contributed by atoms with Gasteiger partial charge in [-0.1, -0.05) is 19.9 Å². The first-order valence-electron chi connectivity index (χ1n) is 5.56. The van der Waals surface area contributed by atoms with Gasteiger partial charge in [0.25, 0.3) is 0 Å². The molecule has 0 atom stereocenters. The van der Waals surface area contributed by atoms with Crippen LogP contribution in [-0.4, -0.2) is 31.7 Å². The molecule has 0 saturated carbocycles. The van der Waals surface area contributed by atoms with Gasteiger partial charge in [0.1, 0.15) is 5.82 Å². The van der Waals surface area contributed by atoms with Crippen LogP contribution in [0.3, 0.4) is 0 Å². The van der Waals surface area contributed by atoms with E-state index < -0.39 is 10.0 Å². The molecule has 0 bridgehead atoms. The van der Waals surface area contributed by atoms with E-state index in [9.17, 15) is 8.42 Å². The second-order valence-electron chi connectivity index (χ2n) is 4.20.